The highest BCUT2D eigenvalue weighted by atomic mass is 28.5. The molecule has 2 aliphatic rings. The molecule has 0 fully saturated rings. The zero-order chi connectivity index (χ0) is 46.9. The molecule has 0 aromatic heterocycles. The van der Waals surface area contributed by atoms with Gasteiger partial charge >= 0.3 is 25.7 Å². The van der Waals surface area contributed by atoms with Gasteiger partial charge < -0.3 is 21.8 Å². The minimum Gasteiger partial charge on any atom is -0.520 e. The molecule has 340 valence electrons. The van der Waals surface area contributed by atoms with Crippen molar-refractivity contribution in [3.8, 4) is 23.0 Å². The van der Waals surface area contributed by atoms with E-state index in [0.29, 0.717) is 0 Å². The van der Waals surface area contributed by atoms with Crippen LogP contribution in [0.1, 0.15) is 169 Å². The summed E-state index contributed by atoms with van der Waals surface area (Å²) in [5, 5.41) is -1.01. The van der Waals surface area contributed by atoms with Crippen LogP contribution < -0.4 is 17.7 Å². The molecule has 0 spiro atoms. The van der Waals surface area contributed by atoms with Gasteiger partial charge in [-0.1, -0.05) is 195 Å². The van der Waals surface area contributed by atoms with E-state index in [1.807, 2.05) is 0 Å². The molecule has 5 nitrogen and oxygen atoms in total. The maximum atomic E-state index is 7.87. The molecule has 2 heterocycles. The van der Waals surface area contributed by atoms with Crippen LogP contribution in [-0.4, -0.2) is 25.7 Å². The Balaban J connectivity index is 0.000000246. The lowest BCUT2D eigenvalue weighted by atomic mass is 10.00. The number of aryl methyl sites for hydroxylation is 4. The molecule has 0 N–H and O–H groups in total. The Morgan fingerprint density at radius 1 is 0.306 bits per heavy atom. The Morgan fingerprint density at radius 3 is 0.694 bits per heavy atom. The van der Waals surface area contributed by atoms with Crippen LogP contribution in [0.25, 0.3) is 0 Å². The molecular weight excluding hydrogens is 813 g/mol. The lowest BCUT2D eigenvalue weighted by Gasteiger charge is -2.58. The van der Waals surface area contributed by atoms with Gasteiger partial charge in [-0.05, 0) is 74.2 Å². The fourth-order valence-electron chi connectivity index (χ4n) is 10.3. The van der Waals surface area contributed by atoms with Gasteiger partial charge in [0.05, 0.1) is 0 Å². The van der Waals surface area contributed by atoms with Gasteiger partial charge in [-0.25, -0.2) is 0 Å². The van der Waals surface area contributed by atoms with Crippen molar-refractivity contribution in [1.82, 2.24) is 0 Å². The highest BCUT2D eigenvalue weighted by molar-refractivity contribution is 6.87. The molecule has 0 atom stereocenters. The summed E-state index contributed by atoms with van der Waals surface area (Å²) >= 11 is 0. The number of benzene rings is 4. The summed E-state index contributed by atoms with van der Waals surface area (Å²) in [4.78, 5) is 0. The summed E-state index contributed by atoms with van der Waals surface area (Å²) < 4.78 is 36.5. The monoisotopic (exact) mass is 895 g/mol. The summed E-state index contributed by atoms with van der Waals surface area (Å²) in [6.07, 6.45) is 1.61. The van der Waals surface area contributed by atoms with Crippen molar-refractivity contribution in [3.05, 3.63) is 117 Å². The highest BCUT2D eigenvalue weighted by Gasteiger charge is 2.71. The zero-order valence-corrected chi connectivity index (χ0v) is 45.9. The van der Waals surface area contributed by atoms with E-state index < -0.39 is 25.7 Å². The minimum atomic E-state index is -3.04. The number of hydrogen-bond donors (Lipinski definition) is 0. The predicted octanol–water partition coefficient (Wildman–Crippen LogP) is 16.5. The fourth-order valence-corrected chi connectivity index (χ4v) is 28.4. The normalized spacial score (nSPS) is 17.6. The van der Waals surface area contributed by atoms with E-state index in [1.54, 1.807) is 0 Å². The molecule has 62 heavy (non-hydrogen) atoms. The van der Waals surface area contributed by atoms with Crippen LogP contribution in [0.3, 0.4) is 0 Å². The summed E-state index contributed by atoms with van der Waals surface area (Å²) in [5.41, 5.74) is 9.90. The van der Waals surface area contributed by atoms with Crippen LogP contribution in [0, 0.1) is 27.7 Å². The first-order chi connectivity index (χ1) is 28.1. The Morgan fingerprint density at radius 2 is 0.500 bits per heavy atom. The third-order valence-electron chi connectivity index (χ3n) is 12.9. The van der Waals surface area contributed by atoms with E-state index in [2.05, 4.69) is 225 Å². The van der Waals surface area contributed by atoms with Crippen LogP contribution >= 0.6 is 0 Å². The van der Waals surface area contributed by atoms with Gasteiger partial charge in [0.2, 0.25) is 0 Å². The molecule has 0 saturated heterocycles. The largest absolute Gasteiger partial charge is 0.520 e. The molecule has 0 unspecified atom stereocenters. The Hall–Kier alpha value is -3.31. The van der Waals surface area contributed by atoms with Gasteiger partial charge in [-0.3, -0.25) is 0 Å². The van der Waals surface area contributed by atoms with Crippen molar-refractivity contribution in [2.45, 2.75) is 195 Å². The number of rotatable bonds is 0. The smallest absolute Gasteiger partial charge is 0.471 e. The first kappa shape index (κ1) is 49.7. The molecule has 4 aromatic carbocycles. The van der Waals surface area contributed by atoms with Crippen molar-refractivity contribution in [3.63, 3.8) is 0 Å². The third kappa shape index (κ3) is 9.41. The fraction of sp³-hybridized carbons (Fsp3) is 0.556. The van der Waals surface area contributed by atoms with Crippen LogP contribution in [0.2, 0.25) is 30.2 Å². The second kappa shape index (κ2) is 16.6. The standard InChI is InChI=1S/C31H50O3Si2.C23H32O2Si/c1-22-15-17-26-24(19-22)21-25-20-23(2)16-18-27(25)33-36(30(9,10)11,31(12,13)14)34-35(32-26,28(3,4)5)29(6,7)8;1-16-9-11-20-18(13-16)15-19-14-17(2)10-12-21(19)25-26(24-20,22(3,4)5)23(6,7)8/h15-20H,21H2,1-14H3;9-14H,15H2,1-8H3. The summed E-state index contributed by atoms with van der Waals surface area (Å²) in [6.45, 7) is 49.7. The van der Waals surface area contributed by atoms with Gasteiger partial charge in [0.15, 0.2) is 0 Å². The average molecular weight is 896 g/mol. The molecule has 0 radical (unpaired) electrons. The third-order valence-corrected chi connectivity index (χ3v) is 29.0. The van der Waals surface area contributed by atoms with Crippen LogP contribution in [0.4, 0.5) is 0 Å². The average Bonchev–Trinajstić information content (AvgIpc) is 3.07. The zero-order valence-electron chi connectivity index (χ0n) is 42.9. The number of hydrogen-bond acceptors (Lipinski definition) is 5. The van der Waals surface area contributed by atoms with E-state index >= 15 is 0 Å². The molecule has 0 aliphatic carbocycles. The molecule has 0 bridgehead atoms. The van der Waals surface area contributed by atoms with E-state index in [4.69, 9.17) is 21.8 Å². The molecule has 0 amide bonds. The van der Waals surface area contributed by atoms with Crippen molar-refractivity contribution in [2.24, 2.45) is 0 Å². The lowest BCUT2D eigenvalue weighted by Crippen LogP contribution is -2.72. The lowest BCUT2D eigenvalue weighted by molar-refractivity contribution is 0.213. The Labute approximate surface area is 381 Å². The van der Waals surface area contributed by atoms with Gasteiger partial charge in [-0.2, -0.15) is 0 Å². The van der Waals surface area contributed by atoms with Crippen LogP contribution in [-0.2, 0) is 17.0 Å². The predicted molar refractivity (Wildman–Crippen MR) is 269 cm³/mol. The first-order valence-electron chi connectivity index (χ1n) is 22.9. The van der Waals surface area contributed by atoms with Crippen molar-refractivity contribution in [1.29, 1.82) is 0 Å². The van der Waals surface area contributed by atoms with E-state index in [0.717, 1.165) is 35.8 Å². The maximum Gasteiger partial charge on any atom is 0.471 e. The van der Waals surface area contributed by atoms with Gasteiger partial charge in [-0.15, -0.1) is 0 Å². The Kier molecular flexibility index (Phi) is 13.3. The molecule has 8 heteroatoms. The topological polar surface area (TPSA) is 46.2 Å². The highest BCUT2D eigenvalue weighted by Crippen LogP contribution is 2.61. The molecular formula is C54H82O5Si3. The van der Waals surface area contributed by atoms with E-state index in [-0.39, 0.29) is 30.2 Å². The molecule has 4 aromatic rings. The second-order valence-electron chi connectivity index (χ2n) is 24.7. The summed E-state index contributed by atoms with van der Waals surface area (Å²) in [5.74, 6) is 3.88. The van der Waals surface area contributed by atoms with Crippen LogP contribution in [0.5, 0.6) is 23.0 Å². The van der Waals surface area contributed by atoms with Gasteiger partial charge in [0.25, 0.3) is 0 Å². The van der Waals surface area contributed by atoms with Crippen molar-refractivity contribution >= 4 is 25.7 Å². The second-order valence-corrected chi connectivity index (χ2v) is 39.0. The van der Waals surface area contributed by atoms with Crippen molar-refractivity contribution in [2.75, 3.05) is 0 Å². The maximum absolute atomic E-state index is 7.87. The van der Waals surface area contributed by atoms with Crippen LogP contribution in [0.15, 0.2) is 72.8 Å². The quantitative estimate of drug-likeness (QED) is 0.165. The van der Waals surface area contributed by atoms with Gasteiger partial charge in [0.1, 0.15) is 23.0 Å². The minimum absolute atomic E-state index is 0.0904. The molecule has 0 saturated carbocycles. The molecule has 6 rings (SSSR count). The van der Waals surface area contributed by atoms with Crippen molar-refractivity contribution < 1.29 is 21.8 Å². The first-order valence-corrected chi connectivity index (χ1v) is 28.4. The summed E-state index contributed by atoms with van der Waals surface area (Å²) in [7, 11) is -8.79. The molecule has 2 aliphatic heterocycles. The van der Waals surface area contributed by atoms with Gasteiger partial charge in [0, 0.05) is 43.1 Å². The Bertz CT molecular complexity index is 2070. The van der Waals surface area contributed by atoms with E-state index in [1.165, 1.54) is 44.5 Å². The SMILES string of the molecule is Cc1ccc2c(c1)Cc1cc(C)ccc1O[Si](C(C)(C)C)(C(C)(C)C)O2.Cc1ccc2c(c1)Cc1cc(C)ccc1O[Si](C(C)(C)C)(C(C)(C)C)O[Si](C(C)(C)C)(C(C)(C)C)O2. The summed E-state index contributed by atoms with van der Waals surface area (Å²) in [6, 6.07) is 26.3. The number of fused-ring (bicyclic) bond motifs is 4. The van der Waals surface area contributed by atoms with E-state index in [9.17, 15) is 0 Å².